The first-order valence-electron chi connectivity index (χ1n) is 4.72. The van der Waals surface area contributed by atoms with Crippen LogP contribution in [-0.2, 0) is 0 Å². The Hall–Kier alpha value is 0.480. The third-order valence-electron chi connectivity index (χ3n) is 2.41. The minimum atomic E-state index is 0.678. The Kier molecular flexibility index (Phi) is 6.31. The molecule has 0 aromatic heterocycles. The molecule has 0 saturated carbocycles. The van der Waals surface area contributed by atoms with E-state index in [1.54, 1.807) is 0 Å². The highest BCUT2D eigenvalue weighted by Gasteiger charge is 2.12. The van der Waals surface area contributed by atoms with Crippen molar-refractivity contribution in [2.45, 2.75) is 51.8 Å². The van der Waals surface area contributed by atoms with Gasteiger partial charge in [0, 0.05) is 4.83 Å². The Labute approximate surface area is 79.9 Å². The maximum atomic E-state index is 3.59. The van der Waals surface area contributed by atoms with Gasteiger partial charge in [0.2, 0.25) is 0 Å². The topological polar surface area (TPSA) is 0 Å². The number of hydrogen-bond donors (Lipinski definition) is 0. The molecule has 0 fully saturated rings. The van der Waals surface area contributed by atoms with Gasteiger partial charge in [0.15, 0.2) is 0 Å². The summed E-state index contributed by atoms with van der Waals surface area (Å²) in [7, 11) is 0. The van der Waals surface area contributed by atoms with Crippen molar-refractivity contribution >= 4 is 15.9 Å². The molecule has 0 rings (SSSR count). The number of rotatable bonds is 5. The fourth-order valence-electron chi connectivity index (χ4n) is 1.48. The zero-order valence-electron chi connectivity index (χ0n) is 8.23. The summed E-state index contributed by atoms with van der Waals surface area (Å²) < 4.78 is 0. The Morgan fingerprint density at radius 3 is 2.00 bits per heavy atom. The molecule has 0 heterocycles. The Bertz CT molecular complexity index is 88.9. The molecule has 0 aliphatic heterocycles. The van der Waals surface area contributed by atoms with E-state index in [4.69, 9.17) is 0 Å². The summed E-state index contributed by atoms with van der Waals surface area (Å²) in [6.07, 6.45) is 4.00. The van der Waals surface area contributed by atoms with Gasteiger partial charge in [0.05, 0.1) is 0 Å². The van der Waals surface area contributed by atoms with E-state index in [0.717, 1.165) is 11.8 Å². The average Bonchev–Trinajstić information content (AvgIpc) is 1.86. The Morgan fingerprint density at radius 1 is 1.09 bits per heavy atom. The molecule has 3 atom stereocenters. The van der Waals surface area contributed by atoms with Crippen LogP contribution in [0.15, 0.2) is 0 Å². The summed E-state index contributed by atoms with van der Waals surface area (Å²) in [6, 6.07) is 0. The molecule has 0 aliphatic rings. The highest BCUT2D eigenvalue weighted by Crippen LogP contribution is 2.23. The Morgan fingerprint density at radius 2 is 1.64 bits per heavy atom. The first-order chi connectivity index (χ1) is 5.07. The van der Waals surface area contributed by atoms with Crippen LogP contribution in [0.1, 0.15) is 47.0 Å². The summed E-state index contributed by atoms with van der Waals surface area (Å²) in [5.74, 6) is 1.75. The van der Waals surface area contributed by atoms with Crippen LogP contribution >= 0.6 is 15.9 Å². The lowest BCUT2D eigenvalue weighted by Gasteiger charge is -2.20. The van der Waals surface area contributed by atoms with Gasteiger partial charge in [-0.3, -0.25) is 0 Å². The zero-order chi connectivity index (χ0) is 8.85. The lowest BCUT2D eigenvalue weighted by atomic mass is 9.88. The molecular formula is C10H21Br. The highest BCUT2D eigenvalue weighted by atomic mass is 79.9. The first-order valence-corrected chi connectivity index (χ1v) is 5.63. The van der Waals surface area contributed by atoms with Crippen LogP contribution in [0, 0.1) is 11.8 Å². The molecule has 0 saturated heterocycles. The molecule has 0 aliphatic carbocycles. The van der Waals surface area contributed by atoms with E-state index in [1.807, 2.05) is 0 Å². The van der Waals surface area contributed by atoms with Crippen LogP contribution in [0.5, 0.6) is 0 Å². The summed E-state index contributed by atoms with van der Waals surface area (Å²) in [4.78, 5) is 0.678. The minimum absolute atomic E-state index is 0.678. The lowest BCUT2D eigenvalue weighted by molar-refractivity contribution is 0.343. The van der Waals surface area contributed by atoms with E-state index >= 15 is 0 Å². The number of hydrogen-bond acceptors (Lipinski definition) is 0. The third-order valence-corrected chi connectivity index (χ3v) is 2.79. The predicted molar refractivity (Wildman–Crippen MR) is 56.2 cm³/mol. The Balaban J connectivity index is 3.54. The second-order valence-corrected chi connectivity index (χ2v) is 5.32. The lowest BCUT2D eigenvalue weighted by Crippen LogP contribution is -2.11. The molecule has 1 heteroatoms. The number of alkyl halides is 1. The summed E-state index contributed by atoms with van der Waals surface area (Å²) >= 11 is 3.59. The summed E-state index contributed by atoms with van der Waals surface area (Å²) in [6.45, 7) is 9.22. The van der Waals surface area contributed by atoms with Crippen molar-refractivity contribution in [1.29, 1.82) is 0 Å². The van der Waals surface area contributed by atoms with Gasteiger partial charge in [-0.05, 0) is 18.3 Å². The zero-order valence-corrected chi connectivity index (χ0v) is 9.82. The smallest absolute Gasteiger partial charge is 0.0120 e. The maximum absolute atomic E-state index is 3.59. The fourth-order valence-corrected chi connectivity index (χ4v) is 2.07. The molecule has 0 aromatic carbocycles. The van der Waals surface area contributed by atoms with E-state index < -0.39 is 0 Å². The van der Waals surface area contributed by atoms with Gasteiger partial charge in [-0.1, -0.05) is 56.5 Å². The van der Waals surface area contributed by atoms with Gasteiger partial charge in [0.25, 0.3) is 0 Å². The monoisotopic (exact) mass is 220 g/mol. The van der Waals surface area contributed by atoms with E-state index in [-0.39, 0.29) is 0 Å². The van der Waals surface area contributed by atoms with Crippen LogP contribution in [0.3, 0.4) is 0 Å². The molecule has 0 bridgehead atoms. The molecular weight excluding hydrogens is 200 g/mol. The van der Waals surface area contributed by atoms with Gasteiger partial charge in [0.1, 0.15) is 0 Å². The maximum Gasteiger partial charge on any atom is 0.0120 e. The van der Waals surface area contributed by atoms with Crippen LogP contribution in [0.4, 0.5) is 0 Å². The second-order valence-electron chi connectivity index (χ2n) is 3.76. The molecule has 0 nitrogen and oxygen atoms in total. The average molecular weight is 221 g/mol. The molecule has 0 amide bonds. The molecule has 3 unspecified atom stereocenters. The van der Waals surface area contributed by atoms with Crippen LogP contribution < -0.4 is 0 Å². The number of halogens is 1. The van der Waals surface area contributed by atoms with Gasteiger partial charge in [-0.15, -0.1) is 0 Å². The molecule has 11 heavy (non-hydrogen) atoms. The second kappa shape index (κ2) is 6.05. The fraction of sp³-hybridized carbons (Fsp3) is 1.00. The van der Waals surface area contributed by atoms with Gasteiger partial charge < -0.3 is 0 Å². The van der Waals surface area contributed by atoms with Crippen molar-refractivity contribution in [1.82, 2.24) is 0 Å². The first kappa shape index (κ1) is 11.5. The normalized spacial score (nSPS) is 19.4. The van der Waals surface area contributed by atoms with Crippen molar-refractivity contribution in [2.75, 3.05) is 0 Å². The molecule has 0 aromatic rings. The molecule has 0 spiro atoms. The minimum Gasteiger partial charge on any atom is -0.0894 e. The van der Waals surface area contributed by atoms with E-state index in [1.165, 1.54) is 19.3 Å². The van der Waals surface area contributed by atoms with E-state index in [0.29, 0.717) is 4.83 Å². The van der Waals surface area contributed by atoms with Crippen LogP contribution in [-0.4, -0.2) is 4.83 Å². The van der Waals surface area contributed by atoms with Gasteiger partial charge >= 0.3 is 0 Å². The summed E-state index contributed by atoms with van der Waals surface area (Å²) in [5, 5.41) is 0. The van der Waals surface area contributed by atoms with Crippen molar-refractivity contribution in [2.24, 2.45) is 11.8 Å². The van der Waals surface area contributed by atoms with E-state index in [9.17, 15) is 0 Å². The molecule has 0 N–H and O–H groups in total. The summed E-state index contributed by atoms with van der Waals surface area (Å²) in [5.41, 5.74) is 0. The third kappa shape index (κ3) is 5.72. The van der Waals surface area contributed by atoms with Gasteiger partial charge in [-0.25, -0.2) is 0 Å². The quantitative estimate of drug-likeness (QED) is 0.609. The molecule has 68 valence electrons. The van der Waals surface area contributed by atoms with Crippen molar-refractivity contribution in [3.05, 3.63) is 0 Å². The largest absolute Gasteiger partial charge is 0.0894 e. The van der Waals surface area contributed by atoms with Crippen molar-refractivity contribution < 1.29 is 0 Å². The van der Waals surface area contributed by atoms with Crippen molar-refractivity contribution in [3.63, 3.8) is 0 Å². The standard InChI is InChI=1S/C10H21Br/c1-5-6-8(2)9(3)7-10(4)11/h8-10H,5-7H2,1-4H3. The van der Waals surface area contributed by atoms with Gasteiger partial charge in [-0.2, -0.15) is 0 Å². The van der Waals surface area contributed by atoms with Crippen LogP contribution in [0.2, 0.25) is 0 Å². The SMILES string of the molecule is CCCC(C)C(C)CC(C)Br. The highest BCUT2D eigenvalue weighted by molar-refractivity contribution is 9.09. The predicted octanol–water partition coefficient (Wildman–Crippen LogP) is 4.23. The van der Waals surface area contributed by atoms with Crippen molar-refractivity contribution in [3.8, 4) is 0 Å². The van der Waals surface area contributed by atoms with E-state index in [2.05, 4.69) is 43.6 Å². The van der Waals surface area contributed by atoms with Crippen LogP contribution in [0.25, 0.3) is 0 Å². The molecule has 0 radical (unpaired) electrons.